The van der Waals surface area contributed by atoms with Crippen LogP contribution in [0.25, 0.3) is 0 Å². The number of rotatable bonds is 0. The molecule has 2 heterocycles. The summed E-state index contributed by atoms with van der Waals surface area (Å²) >= 11 is 0. The van der Waals surface area contributed by atoms with Gasteiger partial charge in [-0.3, -0.25) is 10.7 Å². The fourth-order valence-electron chi connectivity index (χ4n) is 1.06. The molecule has 0 saturated carbocycles. The Morgan fingerprint density at radius 2 is 2.56 bits per heavy atom. The Morgan fingerprint density at radius 1 is 1.56 bits per heavy atom. The van der Waals surface area contributed by atoms with Gasteiger partial charge in [0.1, 0.15) is 0 Å². The summed E-state index contributed by atoms with van der Waals surface area (Å²) in [6.45, 7) is 2.06. The average Bonchev–Trinajstić information content (AvgIpc) is 2.33. The van der Waals surface area contributed by atoms with E-state index in [1.165, 1.54) is 0 Å². The maximum atomic E-state index is 3.84. The van der Waals surface area contributed by atoms with Crippen LogP contribution in [0, 0.1) is 0 Å². The maximum Gasteiger partial charge on any atom is 0.189 e. The Kier molecular flexibility index (Phi) is 1.02. The van der Waals surface area contributed by atoms with Crippen LogP contribution in [0.2, 0.25) is 0 Å². The van der Waals surface area contributed by atoms with Gasteiger partial charge in [0.2, 0.25) is 0 Å². The Labute approximate surface area is 53.1 Å². The lowest BCUT2D eigenvalue weighted by atomic mass is 10.3. The van der Waals surface area contributed by atoms with E-state index in [9.17, 15) is 0 Å². The summed E-state index contributed by atoms with van der Waals surface area (Å²) in [4.78, 5) is 0. The molecule has 0 aromatic heterocycles. The van der Waals surface area contributed by atoms with Gasteiger partial charge in [-0.15, -0.1) is 0 Å². The van der Waals surface area contributed by atoms with Crippen LogP contribution < -0.4 is 10.7 Å². The molecule has 2 N–H and O–H groups in total. The van der Waals surface area contributed by atoms with Gasteiger partial charge < -0.3 is 0 Å². The molecule has 0 radical (unpaired) electrons. The van der Waals surface area contributed by atoms with Gasteiger partial charge in [-0.2, -0.15) is 0 Å². The van der Waals surface area contributed by atoms with Crippen molar-refractivity contribution in [3.05, 3.63) is 0 Å². The summed E-state index contributed by atoms with van der Waals surface area (Å²) in [5.41, 5.74) is 2.83. The SMILES string of the molecule is C1CNC2NN=NN2C1. The molecule has 0 aromatic rings. The third kappa shape index (κ3) is 0.730. The second-order valence-electron chi connectivity index (χ2n) is 2.19. The summed E-state index contributed by atoms with van der Waals surface area (Å²) in [5.74, 6) is 0. The van der Waals surface area contributed by atoms with Crippen molar-refractivity contribution in [2.75, 3.05) is 13.1 Å². The van der Waals surface area contributed by atoms with Crippen LogP contribution >= 0.6 is 0 Å². The van der Waals surface area contributed by atoms with E-state index in [4.69, 9.17) is 0 Å². The first kappa shape index (κ1) is 4.99. The fraction of sp³-hybridized carbons (Fsp3) is 1.00. The van der Waals surface area contributed by atoms with Crippen molar-refractivity contribution in [2.24, 2.45) is 10.4 Å². The summed E-state index contributed by atoms with van der Waals surface area (Å²) in [6.07, 6.45) is 1.32. The van der Waals surface area contributed by atoms with Crippen LogP contribution in [0.15, 0.2) is 10.4 Å². The fourth-order valence-corrected chi connectivity index (χ4v) is 1.06. The molecule has 9 heavy (non-hydrogen) atoms. The largest absolute Gasteiger partial charge is 0.278 e. The monoisotopic (exact) mass is 127 g/mol. The van der Waals surface area contributed by atoms with Crippen LogP contribution in [0.3, 0.4) is 0 Å². The van der Waals surface area contributed by atoms with Gasteiger partial charge in [0.05, 0.1) is 0 Å². The highest BCUT2D eigenvalue weighted by Crippen LogP contribution is 2.06. The van der Waals surface area contributed by atoms with Crippen molar-refractivity contribution < 1.29 is 0 Å². The van der Waals surface area contributed by atoms with Gasteiger partial charge in [-0.05, 0) is 6.42 Å². The minimum atomic E-state index is 0.166. The summed E-state index contributed by atoms with van der Waals surface area (Å²) in [6, 6.07) is 0. The zero-order valence-corrected chi connectivity index (χ0v) is 5.04. The first-order valence-corrected chi connectivity index (χ1v) is 3.13. The number of nitrogens with one attached hydrogen (secondary N) is 2. The lowest BCUT2D eigenvalue weighted by Crippen LogP contribution is -2.52. The van der Waals surface area contributed by atoms with Gasteiger partial charge in [0.15, 0.2) is 6.29 Å². The molecule has 1 unspecified atom stereocenters. The van der Waals surface area contributed by atoms with Crippen LogP contribution in [0.4, 0.5) is 0 Å². The van der Waals surface area contributed by atoms with Crippen molar-refractivity contribution in [3.8, 4) is 0 Å². The summed E-state index contributed by atoms with van der Waals surface area (Å²) in [7, 11) is 0. The first-order valence-electron chi connectivity index (χ1n) is 3.13. The predicted molar refractivity (Wildman–Crippen MR) is 31.1 cm³/mol. The van der Waals surface area contributed by atoms with Crippen LogP contribution in [-0.4, -0.2) is 24.4 Å². The standard InChI is InChI=1S/C4H9N5/c1-2-5-4-6-7-8-9(4)3-1/h4-5H,1-3H2,(H,6,8). The molecule has 2 rings (SSSR count). The van der Waals surface area contributed by atoms with Crippen LogP contribution in [0.1, 0.15) is 6.42 Å². The second kappa shape index (κ2) is 1.84. The molecule has 1 atom stereocenters. The third-order valence-electron chi connectivity index (χ3n) is 1.54. The zero-order chi connectivity index (χ0) is 6.10. The van der Waals surface area contributed by atoms with Gasteiger partial charge >= 0.3 is 0 Å². The zero-order valence-electron chi connectivity index (χ0n) is 5.04. The first-order chi connectivity index (χ1) is 4.47. The topological polar surface area (TPSA) is 52.0 Å². The highest BCUT2D eigenvalue weighted by Gasteiger charge is 2.23. The summed E-state index contributed by atoms with van der Waals surface area (Å²) in [5, 5.41) is 12.6. The number of fused-ring (bicyclic) bond motifs is 1. The van der Waals surface area contributed by atoms with E-state index in [1.807, 2.05) is 5.01 Å². The third-order valence-corrected chi connectivity index (χ3v) is 1.54. The number of hydrogen-bond donors (Lipinski definition) is 2. The van der Waals surface area contributed by atoms with Crippen molar-refractivity contribution in [3.63, 3.8) is 0 Å². The average molecular weight is 127 g/mol. The maximum absolute atomic E-state index is 3.84. The van der Waals surface area contributed by atoms with E-state index in [-0.39, 0.29) is 6.29 Å². The van der Waals surface area contributed by atoms with E-state index in [2.05, 4.69) is 21.2 Å². The Bertz CT molecular complexity index is 133. The van der Waals surface area contributed by atoms with Gasteiger partial charge in [0, 0.05) is 13.1 Å². The molecule has 0 aliphatic carbocycles. The van der Waals surface area contributed by atoms with E-state index in [0.29, 0.717) is 0 Å². The minimum Gasteiger partial charge on any atom is -0.278 e. The van der Waals surface area contributed by atoms with Crippen LogP contribution in [0.5, 0.6) is 0 Å². The molecule has 2 aliphatic heterocycles. The van der Waals surface area contributed by atoms with Gasteiger partial charge in [0.25, 0.3) is 0 Å². The quantitative estimate of drug-likeness (QED) is 0.459. The molecule has 0 spiro atoms. The Balaban J connectivity index is 2.03. The normalized spacial score (nSPS) is 32.0. The molecular weight excluding hydrogens is 118 g/mol. The van der Waals surface area contributed by atoms with E-state index < -0.39 is 0 Å². The molecule has 1 fully saturated rings. The van der Waals surface area contributed by atoms with Crippen molar-refractivity contribution in [1.29, 1.82) is 0 Å². The van der Waals surface area contributed by atoms with Crippen molar-refractivity contribution in [1.82, 2.24) is 15.8 Å². The highest BCUT2D eigenvalue weighted by atomic mass is 15.8. The lowest BCUT2D eigenvalue weighted by Gasteiger charge is -2.26. The van der Waals surface area contributed by atoms with E-state index in [1.54, 1.807) is 0 Å². The van der Waals surface area contributed by atoms with E-state index >= 15 is 0 Å². The number of hydrogen-bond acceptors (Lipinski definition) is 5. The minimum absolute atomic E-state index is 0.166. The van der Waals surface area contributed by atoms with Crippen molar-refractivity contribution >= 4 is 0 Å². The van der Waals surface area contributed by atoms with Crippen LogP contribution in [-0.2, 0) is 0 Å². The predicted octanol–water partition coefficient (Wildman–Crippen LogP) is -0.549. The smallest absolute Gasteiger partial charge is 0.189 e. The Morgan fingerprint density at radius 3 is 3.44 bits per heavy atom. The number of nitrogens with zero attached hydrogens (tertiary/aromatic N) is 3. The van der Waals surface area contributed by atoms with Crippen molar-refractivity contribution in [2.45, 2.75) is 12.7 Å². The molecule has 0 bridgehead atoms. The molecule has 2 aliphatic rings. The van der Waals surface area contributed by atoms with Gasteiger partial charge in [-0.1, -0.05) is 10.4 Å². The second-order valence-corrected chi connectivity index (χ2v) is 2.19. The molecule has 5 nitrogen and oxygen atoms in total. The van der Waals surface area contributed by atoms with E-state index in [0.717, 1.165) is 19.5 Å². The molecule has 50 valence electrons. The highest BCUT2D eigenvalue weighted by molar-refractivity contribution is 4.70. The molecule has 0 amide bonds. The molecule has 0 aromatic carbocycles. The lowest BCUT2D eigenvalue weighted by molar-refractivity contribution is 0.145. The Hall–Kier alpha value is -0.840. The molecular formula is C4H9N5. The molecule has 5 heteroatoms. The molecule has 1 saturated heterocycles. The van der Waals surface area contributed by atoms with Gasteiger partial charge in [-0.25, -0.2) is 5.01 Å². The summed E-state index contributed by atoms with van der Waals surface area (Å²) < 4.78 is 0.